The number of para-hydroxylation sites is 2. The molecule has 3 heterocycles. The fourth-order valence-corrected chi connectivity index (χ4v) is 6.72. The third-order valence-corrected chi connectivity index (χ3v) is 8.80. The molecule has 2 aromatic carbocycles. The summed E-state index contributed by atoms with van der Waals surface area (Å²) in [5.41, 5.74) is 11.9. The number of imidazole rings is 1. The summed E-state index contributed by atoms with van der Waals surface area (Å²) in [6.07, 6.45) is 17.2. The molecule has 0 amide bonds. The summed E-state index contributed by atoms with van der Waals surface area (Å²) in [4.78, 5) is 6.72. The quantitative estimate of drug-likeness (QED) is 0.348. The molecular weight excluding hydrogens is 464 g/mol. The topological polar surface area (TPSA) is 24.1 Å². The summed E-state index contributed by atoms with van der Waals surface area (Å²) in [5.74, 6) is 0. The number of aromatic nitrogens is 2. The molecule has 0 saturated heterocycles. The number of rotatable bonds is 4. The predicted molar refractivity (Wildman–Crippen MR) is 158 cm³/mol. The van der Waals surface area contributed by atoms with E-state index in [1.165, 1.54) is 50.8 Å². The van der Waals surface area contributed by atoms with Gasteiger partial charge in [0.1, 0.15) is 7.05 Å². The lowest BCUT2D eigenvalue weighted by Crippen LogP contribution is -2.26. The molecule has 38 heavy (non-hydrogen) atoms. The molecule has 1 aromatic heterocycles. The maximum Gasteiger partial charge on any atom is 0.209 e. The zero-order valence-corrected chi connectivity index (χ0v) is 23.4. The minimum atomic E-state index is -0.0348. The Morgan fingerprint density at radius 1 is 0.868 bits per heavy atom. The molecule has 6 rings (SSSR count). The van der Waals surface area contributed by atoms with Crippen LogP contribution in [0.1, 0.15) is 51.7 Å². The van der Waals surface area contributed by atoms with E-state index in [1.807, 2.05) is 12.5 Å². The first kappa shape index (κ1) is 24.4. The zero-order chi connectivity index (χ0) is 26.7. The van der Waals surface area contributed by atoms with Crippen LogP contribution in [0, 0.1) is 0 Å². The second kappa shape index (κ2) is 8.83. The van der Waals surface area contributed by atoms with Crippen molar-refractivity contribution in [3.05, 3.63) is 120 Å². The smallest absolute Gasteiger partial charge is 0.209 e. The van der Waals surface area contributed by atoms with E-state index < -0.39 is 0 Å². The summed E-state index contributed by atoms with van der Waals surface area (Å²) in [6.45, 7) is 9.29. The predicted octanol–water partition coefficient (Wildman–Crippen LogP) is 7.39. The van der Waals surface area contributed by atoms with E-state index >= 15 is 0 Å². The van der Waals surface area contributed by atoms with Crippen LogP contribution < -0.4 is 4.90 Å². The summed E-state index contributed by atoms with van der Waals surface area (Å²) < 4.78 is 4.52. The molecular formula is C34H37N4+. The standard InChI is InChI=1S/C34H37N4/c1-33(2)26-11-7-9-13-28(26)36(5)30(33)19-17-24-15-16-25(32(24)38-22-21-35-23-38)18-20-31-34(3,4)27-12-8-10-14-29(27)37(31)6/h7-14,17-23H,15-16H2,1-6H3/q+1. The largest absolute Gasteiger partial charge is 0.347 e. The average molecular weight is 502 g/mol. The number of anilines is 1. The van der Waals surface area contributed by atoms with E-state index in [-0.39, 0.29) is 10.8 Å². The molecule has 0 fully saturated rings. The highest BCUT2D eigenvalue weighted by Gasteiger charge is 2.42. The highest BCUT2D eigenvalue weighted by atomic mass is 15.2. The number of fused-ring (bicyclic) bond motifs is 2. The van der Waals surface area contributed by atoms with Crippen molar-refractivity contribution in [2.75, 3.05) is 19.0 Å². The van der Waals surface area contributed by atoms with Crippen LogP contribution in [0.2, 0.25) is 0 Å². The van der Waals surface area contributed by atoms with E-state index in [2.05, 4.69) is 140 Å². The van der Waals surface area contributed by atoms with Gasteiger partial charge in [0.15, 0.2) is 5.71 Å². The number of allylic oxidation sites excluding steroid dienone is 8. The molecule has 0 spiro atoms. The Balaban J connectivity index is 1.39. The van der Waals surface area contributed by atoms with Crippen molar-refractivity contribution in [2.45, 2.75) is 51.4 Å². The molecule has 0 unspecified atom stereocenters. The van der Waals surface area contributed by atoms with Gasteiger partial charge in [-0.25, -0.2) is 4.98 Å². The first-order valence-electron chi connectivity index (χ1n) is 13.6. The lowest BCUT2D eigenvalue weighted by Gasteiger charge is -2.24. The van der Waals surface area contributed by atoms with Crippen molar-refractivity contribution in [1.29, 1.82) is 0 Å². The van der Waals surface area contributed by atoms with Crippen molar-refractivity contribution >= 4 is 22.8 Å². The monoisotopic (exact) mass is 501 g/mol. The molecule has 0 atom stereocenters. The zero-order valence-electron chi connectivity index (χ0n) is 23.4. The minimum absolute atomic E-state index is 0.0348. The van der Waals surface area contributed by atoms with Gasteiger partial charge in [-0.15, -0.1) is 0 Å². The molecule has 1 aliphatic carbocycles. The van der Waals surface area contributed by atoms with Gasteiger partial charge in [-0.2, -0.15) is 4.58 Å². The highest BCUT2D eigenvalue weighted by Crippen LogP contribution is 2.47. The maximum atomic E-state index is 4.38. The van der Waals surface area contributed by atoms with E-state index in [0.717, 1.165) is 12.8 Å². The van der Waals surface area contributed by atoms with Crippen molar-refractivity contribution < 1.29 is 4.58 Å². The van der Waals surface area contributed by atoms with Crippen molar-refractivity contribution in [3.63, 3.8) is 0 Å². The Kier molecular flexibility index (Phi) is 5.68. The van der Waals surface area contributed by atoms with Gasteiger partial charge in [0.25, 0.3) is 0 Å². The first-order chi connectivity index (χ1) is 18.2. The van der Waals surface area contributed by atoms with Crippen LogP contribution in [0.3, 0.4) is 0 Å². The number of benzene rings is 2. The van der Waals surface area contributed by atoms with Crippen LogP contribution in [0.5, 0.6) is 0 Å². The van der Waals surface area contributed by atoms with Gasteiger partial charge < -0.3 is 9.47 Å². The number of hydrogen-bond acceptors (Lipinski definition) is 2. The molecule has 4 nitrogen and oxygen atoms in total. The van der Waals surface area contributed by atoms with E-state index in [4.69, 9.17) is 0 Å². The van der Waals surface area contributed by atoms with Gasteiger partial charge in [-0.05, 0) is 55.5 Å². The Morgan fingerprint density at radius 2 is 1.61 bits per heavy atom. The molecule has 4 heteroatoms. The molecule has 0 radical (unpaired) electrons. The van der Waals surface area contributed by atoms with Gasteiger partial charge in [0.2, 0.25) is 5.69 Å². The van der Waals surface area contributed by atoms with Crippen LogP contribution in [0.25, 0.3) is 5.70 Å². The lowest BCUT2D eigenvalue weighted by molar-refractivity contribution is -0.401. The van der Waals surface area contributed by atoms with Crippen LogP contribution in [-0.2, 0) is 10.8 Å². The van der Waals surface area contributed by atoms with Crippen LogP contribution >= 0.6 is 0 Å². The molecule has 3 aromatic rings. The van der Waals surface area contributed by atoms with Gasteiger partial charge in [-0.1, -0.05) is 62.4 Å². The molecule has 0 saturated carbocycles. The highest BCUT2D eigenvalue weighted by molar-refractivity contribution is 6.03. The maximum absolute atomic E-state index is 4.38. The third kappa shape index (κ3) is 3.65. The second-order valence-corrected chi connectivity index (χ2v) is 11.7. The Labute approximate surface area is 226 Å². The molecule has 0 bridgehead atoms. The van der Waals surface area contributed by atoms with Crippen molar-refractivity contribution in [1.82, 2.24) is 9.55 Å². The Morgan fingerprint density at radius 3 is 2.32 bits per heavy atom. The SMILES string of the molecule is CN1/C(=C/C=C2\CCC(/C=C/C3=[N+](C)c4ccccc4C3(C)C)=C2n2ccnc2)C(C)(C)c2ccccc21. The summed E-state index contributed by atoms with van der Waals surface area (Å²) in [6, 6.07) is 17.5. The Bertz CT molecular complexity index is 1570. The van der Waals surface area contributed by atoms with Crippen LogP contribution in [-0.4, -0.2) is 33.9 Å². The van der Waals surface area contributed by atoms with Gasteiger partial charge >= 0.3 is 0 Å². The molecule has 2 aliphatic heterocycles. The number of hydrogen-bond donors (Lipinski definition) is 0. The van der Waals surface area contributed by atoms with Gasteiger partial charge in [0.05, 0.1) is 17.4 Å². The van der Waals surface area contributed by atoms with Crippen LogP contribution in [0.15, 0.2) is 108 Å². The Hall–Kier alpha value is -3.92. The molecule has 0 N–H and O–H groups in total. The van der Waals surface area contributed by atoms with E-state index in [9.17, 15) is 0 Å². The normalized spacial score (nSPS) is 21.9. The van der Waals surface area contributed by atoms with Crippen LogP contribution in [0.4, 0.5) is 11.4 Å². The molecule has 192 valence electrons. The van der Waals surface area contributed by atoms with Gasteiger partial charge in [0, 0.05) is 53.9 Å². The second-order valence-electron chi connectivity index (χ2n) is 11.7. The summed E-state index contributed by atoms with van der Waals surface area (Å²) in [5, 5.41) is 0. The fourth-order valence-electron chi connectivity index (χ4n) is 6.72. The minimum Gasteiger partial charge on any atom is -0.347 e. The van der Waals surface area contributed by atoms with Gasteiger partial charge in [-0.3, -0.25) is 0 Å². The number of likely N-dealkylation sites (N-methyl/N-ethyl adjacent to an activating group) is 1. The van der Waals surface area contributed by atoms with E-state index in [1.54, 1.807) is 0 Å². The van der Waals surface area contributed by atoms with E-state index in [0.29, 0.717) is 0 Å². The van der Waals surface area contributed by atoms with Crippen molar-refractivity contribution in [3.8, 4) is 0 Å². The summed E-state index contributed by atoms with van der Waals surface area (Å²) >= 11 is 0. The lowest BCUT2D eigenvalue weighted by atomic mass is 9.81. The number of nitrogens with zero attached hydrogens (tertiary/aromatic N) is 4. The first-order valence-corrected chi connectivity index (χ1v) is 13.6. The fraction of sp³-hybridized carbons (Fsp3) is 0.294. The third-order valence-electron chi connectivity index (χ3n) is 8.80. The average Bonchev–Trinajstić information content (AvgIpc) is 3.64. The molecule has 3 aliphatic rings. The van der Waals surface area contributed by atoms with Crippen molar-refractivity contribution in [2.24, 2.45) is 0 Å². The summed E-state index contributed by atoms with van der Waals surface area (Å²) in [7, 11) is 4.37.